The van der Waals surface area contributed by atoms with Crippen LogP contribution in [0, 0.1) is 0 Å². The largest absolute Gasteiger partial charge is 0.480 e. The van der Waals surface area contributed by atoms with Gasteiger partial charge < -0.3 is 14.6 Å². The molecule has 7 nitrogen and oxygen atoms in total. The first kappa shape index (κ1) is 21.0. The minimum atomic E-state index is -4.08. The molecule has 0 fully saturated rings. The number of rotatable bonds is 8. The Morgan fingerprint density at radius 2 is 1.71 bits per heavy atom. The van der Waals surface area contributed by atoms with Gasteiger partial charge in [0.1, 0.15) is 17.5 Å². The summed E-state index contributed by atoms with van der Waals surface area (Å²) >= 11 is 0. The first-order valence-electron chi connectivity index (χ1n) is 9.68. The molecule has 3 aromatic carbocycles. The highest BCUT2D eigenvalue weighted by molar-refractivity contribution is 7.89. The molecular formula is C23H21NO6S. The minimum absolute atomic E-state index is 0.0245. The van der Waals surface area contributed by atoms with Gasteiger partial charge in [-0.2, -0.15) is 4.72 Å². The Morgan fingerprint density at radius 1 is 1.00 bits per heavy atom. The lowest BCUT2D eigenvalue weighted by atomic mass is 10.0. The number of carboxylic acids is 1. The topological polar surface area (TPSA) is 102 Å². The van der Waals surface area contributed by atoms with Crippen LogP contribution in [0.1, 0.15) is 16.7 Å². The van der Waals surface area contributed by atoms with E-state index < -0.39 is 22.0 Å². The lowest BCUT2D eigenvalue weighted by Gasteiger charge is -2.21. The van der Waals surface area contributed by atoms with Crippen LogP contribution in [0.25, 0.3) is 0 Å². The van der Waals surface area contributed by atoms with Crippen LogP contribution in [0.2, 0.25) is 0 Å². The van der Waals surface area contributed by atoms with Crippen LogP contribution in [-0.2, 0) is 32.6 Å². The highest BCUT2D eigenvalue weighted by Gasteiger charge is 2.27. The van der Waals surface area contributed by atoms with Crippen LogP contribution in [0.5, 0.6) is 11.5 Å². The van der Waals surface area contributed by atoms with E-state index >= 15 is 0 Å². The molecule has 0 unspecified atom stereocenters. The SMILES string of the molecule is O=C(O)[C@@H](COCc1ccccc1)NS(=O)(=O)c1ccc2c(c1)Cc1ccccc1O2. The maximum Gasteiger partial charge on any atom is 0.324 e. The van der Waals surface area contributed by atoms with Gasteiger partial charge in [0.2, 0.25) is 10.0 Å². The van der Waals surface area contributed by atoms with E-state index in [-0.39, 0.29) is 18.1 Å². The fourth-order valence-electron chi connectivity index (χ4n) is 3.31. The number of benzene rings is 3. The number of hydrogen-bond donors (Lipinski definition) is 2. The van der Waals surface area contributed by atoms with Gasteiger partial charge in [0, 0.05) is 12.0 Å². The molecule has 0 aliphatic carbocycles. The van der Waals surface area contributed by atoms with Crippen molar-refractivity contribution in [1.82, 2.24) is 4.72 Å². The number of hydrogen-bond acceptors (Lipinski definition) is 5. The number of nitrogens with one attached hydrogen (secondary N) is 1. The second kappa shape index (κ2) is 8.89. The monoisotopic (exact) mass is 439 g/mol. The van der Waals surface area contributed by atoms with Crippen LogP contribution in [-0.4, -0.2) is 32.1 Å². The number of ether oxygens (including phenoxy) is 2. The molecule has 160 valence electrons. The van der Waals surface area contributed by atoms with Crippen molar-refractivity contribution in [2.45, 2.75) is 24.0 Å². The first-order valence-corrected chi connectivity index (χ1v) is 11.2. The Bertz CT molecular complexity index is 1190. The molecule has 0 saturated carbocycles. The first-order chi connectivity index (χ1) is 14.9. The van der Waals surface area contributed by atoms with E-state index in [0.29, 0.717) is 17.7 Å². The van der Waals surface area contributed by atoms with E-state index in [4.69, 9.17) is 9.47 Å². The summed E-state index contributed by atoms with van der Waals surface area (Å²) in [5.74, 6) is 0.00993. The van der Waals surface area contributed by atoms with Crippen LogP contribution < -0.4 is 9.46 Å². The fourth-order valence-corrected chi connectivity index (χ4v) is 4.54. The van der Waals surface area contributed by atoms with Crippen molar-refractivity contribution in [1.29, 1.82) is 0 Å². The molecule has 0 saturated heterocycles. The van der Waals surface area contributed by atoms with E-state index in [1.807, 2.05) is 54.6 Å². The maximum absolute atomic E-state index is 12.8. The van der Waals surface area contributed by atoms with Crippen LogP contribution in [0.15, 0.2) is 77.7 Å². The highest BCUT2D eigenvalue weighted by Crippen LogP contribution is 2.37. The third-order valence-electron chi connectivity index (χ3n) is 4.91. The summed E-state index contributed by atoms with van der Waals surface area (Å²) in [5.41, 5.74) is 2.54. The van der Waals surface area contributed by atoms with Crippen molar-refractivity contribution < 1.29 is 27.8 Å². The Balaban J connectivity index is 1.46. The fraction of sp³-hybridized carbons (Fsp3) is 0.174. The number of fused-ring (bicyclic) bond motifs is 2. The van der Waals surface area contributed by atoms with Gasteiger partial charge in [-0.1, -0.05) is 48.5 Å². The second-order valence-electron chi connectivity index (χ2n) is 7.17. The molecule has 1 atom stereocenters. The number of carbonyl (C=O) groups is 1. The molecule has 0 aromatic heterocycles. The zero-order valence-corrected chi connectivity index (χ0v) is 17.3. The Labute approximate surface area is 180 Å². The molecule has 0 bridgehead atoms. The predicted octanol–water partition coefficient (Wildman–Crippen LogP) is 3.33. The molecule has 2 N–H and O–H groups in total. The normalized spacial score (nSPS) is 13.5. The van der Waals surface area contributed by atoms with Crippen LogP contribution in [0.4, 0.5) is 0 Å². The molecule has 1 heterocycles. The molecule has 31 heavy (non-hydrogen) atoms. The Morgan fingerprint density at radius 3 is 2.48 bits per heavy atom. The standard InChI is InChI=1S/C23H21NO6S/c25-23(26)20(15-29-14-16-6-2-1-3-7-16)24-31(27,28)19-10-11-22-18(13-19)12-17-8-4-5-9-21(17)30-22/h1-11,13,20,24H,12,14-15H2,(H,25,26)/t20-/m1/s1. The van der Waals surface area contributed by atoms with Gasteiger partial charge in [-0.3, -0.25) is 4.79 Å². The van der Waals surface area contributed by atoms with Gasteiger partial charge in [0.25, 0.3) is 0 Å². The third-order valence-corrected chi connectivity index (χ3v) is 6.38. The number of carboxylic acid groups (broad SMARTS) is 1. The Hall–Kier alpha value is -3.20. The van der Waals surface area contributed by atoms with E-state index in [1.54, 1.807) is 6.07 Å². The van der Waals surface area contributed by atoms with Gasteiger partial charge in [0.15, 0.2) is 0 Å². The molecule has 4 rings (SSSR count). The third kappa shape index (κ3) is 4.93. The van der Waals surface area contributed by atoms with E-state index in [2.05, 4.69) is 4.72 Å². The Kier molecular flexibility index (Phi) is 6.03. The summed E-state index contributed by atoms with van der Waals surface area (Å²) in [6.07, 6.45) is 0.525. The van der Waals surface area contributed by atoms with E-state index in [9.17, 15) is 18.3 Å². The summed E-state index contributed by atoms with van der Waals surface area (Å²) in [6, 6.07) is 19.8. The van der Waals surface area contributed by atoms with Gasteiger partial charge in [-0.15, -0.1) is 0 Å². The van der Waals surface area contributed by atoms with Crippen LogP contribution in [0.3, 0.4) is 0 Å². The average molecular weight is 439 g/mol. The van der Waals surface area contributed by atoms with Gasteiger partial charge >= 0.3 is 5.97 Å². The molecule has 0 spiro atoms. The molecule has 8 heteroatoms. The number of para-hydroxylation sites is 1. The lowest BCUT2D eigenvalue weighted by Crippen LogP contribution is -2.43. The quantitative estimate of drug-likeness (QED) is 0.437. The van der Waals surface area contributed by atoms with Gasteiger partial charge in [0.05, 0.1) is 18.1 Å². The van der Waals surface area contributed by atoms with Crippen molar-refractivity contribution in [3.8, 4) is 11.5 Å². The summed E-state index contributed by atoms with van der Waals surface area (Å²) < 4.78 is 39.2. The smallest absolute Gasteiger partial charge is 0.324 e. The van der Waals surface area contributed by atoms with Crippen molar-refractivity contribution in [2.75, 3.05) is 6.61 Å². The molecule has 3 aromatic rings. The molecule has 1 aliphatic rings. The van der Waals surface area contributed by atoms with Crippen molar-refractivity contribution >= 4 is 16.0 Å². The minimum Gasteiger partial charge on any atom is -0.480 e. The van der Waals surface area contributed by atoms with Crippen LogP contribution >= 0.6 is 0 Å². The highest BCUT2D eigenvalue weighted by atomic mass is 32.2. The van der Waals surface area contributed by atoms with Crippen molar-refractivity contribution in [3.63, 3.8) is 0 Å². The van der Waals surface area contributed by atoms with E-state index in [1.165, 1.54) is 12.1 Å². The zero-order chi connectivity index (χ0) is 21.8. The molecule has 0 radical (unpaired) electrons. The second-order valence-corrected chi connectivity index (χ2v) is 8.88. The number of sulfonamides is 1. The van der Waals surface area contributed by atoms with Crippen molar-refractivity contribution in [3.05, 3.63) is 89.5 Å². The average Bonchev–Trinajstić information content (AvgIpc) is 2.77. The summed E-state index contributed by atoms with van der Waals surface area (Å²) in [5, 5.41) is 9.46. The molecule has 1 aliphatic heterocycles. The summed E-state index contributed by atoms with van der Waals surface area (Å²) in [6.45, 7) is -0.118. The van der Waals surface area contributed by atoms with Crippen molar-refractivity contribution in [2.24, 2.45) is 0 Å². The maximum atomic E-state index is 12.8. The molecule has 0 amide bonds. The predicted molar refractivity (Wildman–Crippen MR) is 114 cm³/mol. The molecular weight excluding hydrogens is 418 g/mol. The lowest BCUT2D eigenvalue weighted by molar-refractivity contribution is -0.140. The summed E-state index contributed by atoms with van der Waals surface area (Å²) in [4.78, 5) is 11.6. The zero-order valence-electron chi connectivity index (χ0n) is 16.5. The number of aliphatic carboxylic acids is 1. The van der Waals surface area contributed by atoms with Gasteiger partial charge in [-0.05, 0) is 35.4 Å². The summed E-state index contributed by atoms with van der Waals surface area (Å²) in [7, 11) is -4.08. The van der Waals surface area contributed by atoms with E-state index in [0.717, 1.165) is 16.9 Å². The van der Waals surface area contributed by atoms with Gasteiger partial charge in [-0.25, -0.2) is 8.42 Å².